The number of hydrogen-bond donors (Lipinski definition) is 2. The highest BCUT2D eigenvalue weighted by atomic mass is 127. The Morgan fingerprint density at radius 3 is 2.42 bits per heavy atom. The van der Waals surface area contributed by atoms with Gasteiger partial charge in [0, 0.05) is 30.4 Å². The number of methoxy groups -OCH3 is 1. The van der Waals surface area contributed by atoms with Gasteiger partial charge in [0.1, 0.15) is 5.75 Å². The van der Waals surface area contributed by atoms with Gasteiger partial charge in [0.05, 0.1) is 19.3 Å². The Hall–Kier alpha value is -1.05. The molecule has 1 heterocycles. The molecule has 6 heteroatoms. The average molecular weight is 448 g/mol. The van der Waals surface area contributed by atoms with Gasteiger partial charge in [-0.25, -0.2) is 4.99 Å². The smallest absolute Gasteiger partial charge is 0.191 e. The Morgan fingerprint density at radius 2 is 1.88 bits per heavy atom. The van der Waals surface area contributed by atoms with E-state index in [0.717, 1.165) is 41.6 Å². The zero-order valence-electron chi connectivity index (χ0n) is 15.9. The van der Waals surface area contributed by atoms with E-state index < -0.39 is 0 Å². The average Bonchev–Trinajstić information content (AvgIpc) is 2.55. The van der Waals surface area contributed by atoms with Crippen LogP contribution in [0.3, 0.4) is 0 Å². The lowest BCUT2D eigenvalue weighted by Crippen LogP contribution is -2.39. The number of rotatable bonds is 8. The lowest BCUT2D eigenvalue weighted by Gasteiger charge is -2.17. The first-order chi connectivity index (χ1) is 11.1. The summed E-state index contributed by atoms with van der Waals surface area (Å²) in [6.07, 6.45) is 4.21. The van der Waals surface area contributed by atoms with Crippen LogP contribution >= 0.6 is 24.0 Å². The number of ether oxygens (including phenoxy) is 1. The molecule has 138 valence electrons. The second-order valence-electron chi connectivity index (χ2n) is 5.80. The molecule has 0 saturated heterocycles. The molecule has 0 amide bonds. The second kappa shape index (κ2) is 12.3. The topological polar surface area (TPSA) is 58.5 Å². The molecule has 0 bridgehead atoms. The molecule has 0 aliphatic rings. The van der Waals surface area contributed by atoms with Gasteiger partial charge in [0.2, 0.25) is 0 Å². The first-order valence-corrected chi connectivity index (χ1v) is 8.58. The van der Waals surface area contributed by atoms with Crippen LogP contribution in [0.1, 0.15) is 50.4 Å². The minimum Gasteiger partial charge on any atom is -0.496 e. The van der Waals surface area contributed by atoms with Crippen LogP contribution in [0.5, 0.6) is 5.75 Å². The van der Waals surface area contributed by atoms with Crippen molar-refractivity contribution in [2.45, 2.75) is 54.0 Å². The largest absolute Gasteiger partial charge is 0.496 e. The van der Waals surface area contributed by atoms with E-state index in [1.165, 1.54) is 12.8 Å². The van der Waals surface area contributed by atoms with E-state index >= 15 is 0 Å². The minimum atomic E-state index is 0. The maximum absolute atomic E-state index is 5.46. The monoisotopic (exact) mass is 448 g/mol. The third-order valence-electron chi connectivity index (χ3n) is 4.19. The molecule has 2 N–H and O–H groups in total. The number of guanidine groups is 1. The predicted molar refractivity (Wildman–Crippen MR) is 113 cm³/mol. The van der Waals surface area contributed by atoms with Crippen LogP contribution in [-0.4, -0.2) is 31.1 Å². The molecule has 0 unspecified atom stereocenters. The van der Waals surface area contributed by atoms with E-state index in [2.05, 4.69) is 41.4 Å². The fourth-order valence-corrected chi connectivity index (χ4v) is 2.54. The molecule has 0 fully saturated rings. The SMILES string of the molecule is CCNC(=NCc1ncc(C)c(OC)c1C)NCC(CC)CC.I. The Balaban J connectivity index is 0.00000529. The molecular weight excluding hydrogens is 415 g/mol. The molecule has 24 heavy (non-hydrogen) atoms. The molecule has 0 spiro atoms. The third kappa shape index (κ3) is 6.83. The molecular formula is C18H33IN4O. The molecule has 0 aliphatic heterocycles. The second-order valence-corrected chi connectivity index (χ2v) is 5.80. The van der Waals surface area contributed by atoms with Gasteiger partial charge in [-0.1, -0.05) is 26.7 Å². The van der Waals surface area contributed by atoms with Gasteiger partial charge in [-0.15, -0.1) is 24.0 Å². The van der Waals surface area contributed by atoms with Crippen molar-refractivity contribution in [1.82, 2.24) is 15.6 Å². The number of nitrogens with one attached hydrogen (secondary N) is 2. The summed E-state index contributed by atoms with van der Waals surface area (Å²) in [4.78, 5) is 9.17. The third-order valence-corrected chi connectivity index (χ3v) is 4.19. The fraction of sp³-hybridized carbons (Fsp3) is 0.667. The quantitative estimate of drug-likeness (QED) is 0.361. The summed E-state index contributed by atoms with van der Waals surface area (Å²) in [7, 11) is 1.70. The van der Waals surface area contributed by atoms with Crippen LogP contribution in [0.25, 0.3) is 0 Å². The van der Waals surface area contributed by atoms with Crippen molar-refractivity contribution < 1.29 is 4.74 Å². The zero-order chi connectivity index (χ0) is 17.2. The lowest BCUT2D eigenvalue weighted by molar-refractivity contribution is 0.407. The van der Waals surface area contributed by atoms with Gasteiger partial charge in [-0.3, -0.25) is 4.98 Å². The van der Waals surface area contributed by atoms with Crippen LogP contribution in [0.4, 0.5) is 0 Å². The molecule has 1 rings (SSSR count). The number of aromatic nitrogens is 1. The maximum atomic E-state index is 5.46. The zero-order valence-corrected chi connectivity index (χ0v) is 18.2. The van der Waals surface area contributed by atoms with E-state index in [1.54, 1.807) is 7.11 Å². The van der Waals surface area contributed by atoms with E-state index in [4.69, 9.17) is 4.74 Å². The molecule has 0 saturated carbocycles. The summed E-state index contributed by atoms with van der Waals surface area (Å²) >= 11 is 0. The highest BCUT2D eigenvalue weighted by Crippen LogP contribution is 2.24. The summed E-state index contributed by atoms with van der Waals surface area (Å²) < 4.78 is 5.46. The molecule has 0 aliphatic carbocycles. The van der Waals surface area contributed by atoms with E-state index in [1.807, 2.05) is 20.0 Å². The number of aliphatic imine (C=N–C) groups is 1. The van der Waals surface area contributed by atoms with Crippen LogP contribution in [0, 0.1) is 19.8 Å². The molecule has 5 nitrogen and oxygen atoms in total. The van der Waals surface area contributed by atoms with Crippen LogP contribution in [0.2, 0.25) is 0 Å². The Morgan fingerprint density at radius 1 is 1.21 bits per heavy atom. The number of aryl methyl sites for hydroxylation is 1. The highest BCUT2D eigenvalue weighted by molar-refractivity contribution is 14.0. The Kier molecular flexibility index (Phi) is 11.8. The molecule has 1 aromatic heterocycles. The van der Waals surface area contributed by atoms with Crippen molar-refractivity contribution in [3.63, 3.8) is 0 Å². The number of halogens is 1. The maximum Gasteiger partial charge on any atom is 0.191 e. The van der Waals surface area contributed by atoms with Gasteiger partial charge < -0.3 is 15.4 Å². The van der Waals surface area contributed by atoms with Gasteiger partial charge in [0.25, 0.3) is 0 Å². The van der Waals surface area contributed by atoms with Gasteiger partial charge in [-0.2, -0.15) is 0 Å². The van der Waals surface area contributed by atoms with E-state index in [-0.39, 0.29) is 24.0 Å². The van der Waals surface area contributed by atoms with Crippen molar-refractivity contribution in [3.8, 4) is 5.75 Å². The molecule has 0 radical (unpaired) electrons. The van der Waals surface area contributed by atoms with Gasteiger partial charge in [0.15, 0.2) is 5.96 Å². The number of hydrogen-bond acceptors (Lipinski definition) is 3. The predicted octanol–water partition coefficient (Wildman–Crippen LogP) is 3.82. The minimum absolute atomic E-state index is 0. The lowest BCUT2D eigenvalue weighted by atomic mass is 10.0. The molecule has 0 atom stereocenters. The summed E-state index contributed by atoms with van der Waals surface area (Å²) in [5.74, 6) is 2.43. The fourth-order valence-electron chi connectivity index (χ4n) is 2.54. The first-order valence-electron chi connectivity index (χ1n) is 8.58. The van der Waals surface area contributed by atoms with Crippen molar-refractivity contribution >= 4 is 29.9 Å². The number of pyridine rings is 1. The number of nitrogens with zero attached hydrogens (tertiary/aromatic N) is 2. The van der Waals surface area contributed by atoms with Gasteiger partial charge in [-0.05, 0) is 26.7 Å². The Bertz CT molecular complexity index is 516. The first kappa shape index (κ1) is 22.9. The van der Waals surface area contributed by atoms with Crippen LogP contribution in [-0.2, 0) is 6.54 Å². The van der Waals surface area contributed by atoms with E-state index in [9.17, 15) is 0 Å². The van der Waals surface area contributed by atoms with Crippen molar-refractivity contribution in [3.05, 3.63) is 23.0 Å². The normalized spacial score (nSPS) is 11.2. The summed E-state index contributed by atoms with van der Waals surface area (Å²) in [5.41, 5.74) is 3.07. The molecule has 0 aromatic carbocycles. The summed E-state index contributed by atoms with van der Waals surface area (Å²) in [6, 6.07) is 0. The van der Waals surface area contributed by atoms with Crippen molar-refractivity contribution in [2.75, 3.05) is 20.2 Å². The highest BCUT2D eigenvalue weighted by Gasteiger charge is 2.10. The van der Waals surface area contributed by atoms with E-state index in [0.29, 0.717) is 12.5 Å². The Labute approximate surface area is 164 Å². The van der Waals surface area contributed by atoms with Crippen molar-refractivity contribution in [1.29, 1.82) is 0 Å². The van der Waals surface area contributed by atoms with Gasteiger partial charge >= 0.3 is 0 Å². The van der Waals surface area contributed by atoms with Crippen LogP contribution in [0.15, 0.2) is 11.2 Å². The summed E-state index contributed by atoms with van der Waals surface area (Å²) in [5, 5.41) is 6.73. The standard InChI is InChI=1S/C18H32N4O.HI/c1-7-15(8-2)11-21-18(19-9-3)22-12-16-14(5)17(23-6)13(4)10-20-16;/h10,15H,7-9,11-12H2,1-6H3,(H2,19,21,22);1H. The van der Waals surface area contributed by atoms with Crippen LogP contribution < -0.4 is 15.4 Å². The molecule has 1 aromatic rings. The van der Waals surface area contributed by atoms with Crippen molar-refractivity contribution in [2.24, 2.45) is 10.9 Å². The summed E-state index contributed by atoms with van der Waals surface area (Å²) in [6.45, 7) is 12.9.